The third-order valence-corrected chi connectivity index (χ3v) is 5.49. The monoisotopic (exact) mass is 331 g/mol. The van der Waals surface area contributed by atoms with Crippen molar-refractivity contribution in [2.75, 3.05) is 6.54 Å². The Morgan fingerprint density at radius 1 is 1.14 bits per heavy atom. The molecule has 0 radical (unpaired) electrons. The molecule has 0 amide bonds. The van der Waals surface area contributed by atoms with E-state index in [9.17, 15) is 17.2 Å². The molecule has 0 aromatic heterocycles. The van der Waals surface area contributed by atoms with E-state index in [1.807, 2.05) is 0 Å². The molecule has 1 aromatic carbocycles. The fourth-order valence-corrected chi connectivity index (χ4v) is 4.03. The summed E-state index contributed by atoms with van der Waals surface area (Å²) in [6.07, 6.45) is 4.26. The molecule has 0 unspecified atom stereocenters. The average molecular weight is 331 g/mol. The van der Waals surface area contributed by atoms with E-state index < -0.39 is 33.0 Å². The molecule has 1 N–H and O–H groups in total. The smallest absolute Gasteiger partial charge is 0.216 e. The van der Waals surface area contributed by atoms with Gasteiger partial charge in [-0.05, 0) is 43.7 Å². The number of ether oxygens (including phenoxy) is 1. The Hall–Kier alpha value is -1.05. The molecule has 0 bridgehead atoms. The van der Waals surface area contributed by atoms with Gasteiger partial charge >= 0.3 is 0 Å². The molecule has 3 rings (SSSR count). The molecule has 1 saturated carbocycles. The molecule has 122 valence electrons. The molecule has 1 heterocycles. The van der Waals surface area contributed by atoms with Crippen molar-refractivity contribution < 1.29 is 21.9 Å². The zero-order valence-corrected chi connectivity index (χ0v) is 12.9. The van der Waals surface area contributed by atoms with Gasteiger partial charge in [0, 0.05) is 12.1 Å². The molecule has 2 atom stereocenters. The van der Waals surface area contributed by atoms with Crippen molar-refractivity contribution in [3.05, 3.63) is 35.4 Å². The number of halogens is 2. The van der Waals surface area contributed by atoms with E-state index in [1.54, 1.807) is 0 Å². The van der Waals surface area contributed by atoms with Crippen LogP contribution in [-0.2, 0) is 20.5 Å². The second-order valence-electron chi connectivity index (χ2n) is 6.02. The van der Waals surface area contributed by atoms with E-state index in [1.165, 1.54) is 18.9 Å². The molecule has 1 aliphatic carbocycles. The van der Waals surface area contributed by atoms with Gasteiger partial charge in [0.2, 0.25) is 10.0 Å². The SMILES string of the molecule is O=S(=O)(Cc1c(F)cccc1F)NC[C@@H]1CC[C@H](C2CC2)O1. The lowest BCUT2D eigenvalue weighted by atomic mass is 10.1. The number of rotatable bonds is 6. The second-order valence-corrected chi connectivity index (χ2v) is 7.83. The molecule has 7 heteroatoms. The lowest BCUT2D eigenvalue weighted by molar-refractivity contribution is 0.0359. The topological polar surface area (TPSA) is 55.4 Å². The van der Waals surface area contributed by atoms with Gasteiger partial charge in [-0.1, -0.05) is 6.07 Å². The molecule has 0 spiro atoms. The predicted octanol–water partition coefficient (Wildman–Crippen LogP) is 2.34. The van der Waals surface area contributed by atoms with Gasteiger partial charge in [0.25, 0.3) is 0 Å². The first-order valence-corrected chi connectivity index (χ1v) is 9.15. The van der Waals surface area contributed by atoms with Crippen LogP contribution in [0, 0.1) is 17.6 Å². The lowest BCUT2D eigenvalue weighted by Gasteiger charge is -2.14. The predicted molar refractivity (Wildman–Crippen MR) is 77.6 cm³/mol. The van der Waals surface area contributed by atoms with Crippen LogP contribution < -0.4 is 4.72 Å². The normalized spacial score (nSPS) is 25.5. The summed E-state index contributed by atoms with van der Waals surface area (Å²) in [4.78, 5) is 0. The summed E-state index contributed by atoms with van der Waals surface area (Å²) in [6, 6.07) is 3.31. The Labute approximate surface area is 128 Å². The largest absolute Gasteiger partial charge is 0.373 e. The Morgan fingerprint density at radius 2 is 1.82 bits per heavy atom. The highest BCUT2D eigenvalue weighted by Gasteiger charge is 2.37. The summed E-state index contributed by atoms with van der Waals surface area (Å²) in [5.74, 6) is -1.77. The van der Waals surface area contributed by atoms with Crippen LogP contribution in [0.1, 0.15) is 31.2 Å². The van der Waals surface area contributed by atoms with Crippen molar-refractivity contribution in [1.29, 1.82) is 0 Å². The summed E-state index contributed by atoms with van der Waals surface area (Å²) in [6.45, 7) is 0.154. The van der Waals surface area contributed by atoms with Crippen LogP contribution in [0.5, 0.6) is 0 Å². The van der Waals surface area contributed by atoms with Crippen molar-refractivity contribution in [2.24, 2.45) is 5.92 Å². The number of benzene rings is 1. The maximum absolute atomic E-state index is 13.5. The Morgan fingerprint density at radius 3 is 2.45 bits per heavy atom. The maximum atomic E-state index is 13.5. The van der Waals surface area contributed by atoms with Crippen molar-refractivity contribution in [1.82, 2.24) is 4.72 Å². The van der Waals surface area contributed by atoms with Crippen molar-refractivity contribution in [3.8, 4) is 0 Å². The third-order valence-electron chi connectivity index (χ3n) is 4.22. The molecule has 4 nitrogen and oxygen atoms in total. The number of hydrogen-bond acceptors (Lipinski definition) is 3. The minimum Gasteiger partial charge on any atom is -0.373 e. The van der Waals surface area contributed by atoms with Gasteiger partial charge in [-0.15, -0.1) is 0 Å². The number of hydrogen-bond donors (Lipinski definition) is 1. The second kappa shape index (κ2) is 6.22. The number of nitrogens with one attached hydrogen (secondary N) is 1. The zero-order chi connectivity index (χ0) is 15.7. The first-order chi connectivity index (χ1) is 10.4. The fourth-order valence-electron chi connectivity index (χ4n) is 2.83. The maximum Gasteiger partial charge on any atom is 0.216 e. The zero-order valence-electron chi connectivity index (χ0n) is 12.1. The minimum atomic E-state index is -3.80. The Balaban J connectivity index is 1.55. The number of sulfonamides is 1. The van der Waals surface area contributed by atoms with Crippen LogP contribution in [0.4, 0.5) is 8.78 Å². The van der Waals surface area contributed by atoms with E-state index in [4.69, 9.17) is 4.74 Å². The van der Waals surface area contributed by atoms with Gasteiger partial charge in [0.05, 0.1) is 18.0 Å². The summed E-state index contributed by atoms with van der Waals surface area (Å²) >= 11 is 0. The van der Waals surface area contributed by atoms with E-state index >= 15 is 0 Å². The summed E-state index contributed by atoms with van der Waals surface area (Å²) in [5.41, 5.74) is -0.432. The third kappa shape index (κ3) is 3.83. The first-order valence-electron chi connectivity index (χ1n) is 7.50. The summed E-state index contributed by atoms with van der Waals surface area (Å²) < 4.78 is 59.2. The van der Waals surface area contributed by atoms with Gasteiger partial charge in [-0.25, -0.2) is 21.9 Å². The Kier molecular flexibility index (Phi) is 4.47. The van der Waals surface area contributed by atoms with Gasteiger partial charge in [-0.2, -0.15) is 0 Å². The average Bonchev–Trinajstić information content (AvgIpc) is 3.20. The summed E-state index contributed by atoms with van der Waals surface area (Å²) in [7, 11) is -3.80. The van der Waals surface area contributed by atoms with Gasteiger partial charge < -0.3 is 4.74 Å². The quantitative estimate of drug-likeness (QED) is 0.870. The highest BCUT2D eigenvalue weighted by molar-refractivity contribution is 7.88. The van der Waals surface area contributed by atoms with Crippen molar-refractivity contribution >= 4 is 10.0 Å². The van der Waals surface area contributed by atoms with Crippen LogP contribution in [-0.4, -0.2) is 27.2 Å². The molecule has 22 heavy (non-hydrogen) atoms. The van der Waals surface area contributed by atoms with Crippen LogP contribution in [0.25, 0.3) is 0 Å². The minimum absolute atomic E-state index is 0.147. The van der Waals surface area contributed by atoms with Crippen molar-refractivity contribution in [3.63, 3.8) is 0 Å². The highest BCUT2D eigenvalue weighted by atomic mass is 32.2. The van der Waals surface area contributed by atoms with E-state index in [2.05, 4.69) is 4.72 Å². The van der Waals surface area contributed by atoms with Crippen LogP contribution in [0.2, 0.25) is 0 Å². The molecule has 1 aromatic rings. The van der Waals surface area contributed by atoms with Crippen LogP contribution in [0.3, 0.4) is 0 Å². The van der Waals surface area contributed by atoms with Gasteiger partial charge in [0.1, 0.15) is 11.6 Å². The molecular formula is C15H19F2NO3S. The first kappa shape index (κ1) is 15.8. The summed E-state index contributed by atoms with van der Waals surface area (Å²) in [5, 5.41) is 0. The van der Waals surface area contributed by atoms with Crippen molar-refractivity contribution in [2.45, 2.75) is 43.6 Å². The van der Waals surface area contributed by atoms with Crippen LogP contribution in [0.15, 0.2) is 18.2 Å². The standard InChI is InChI=1S/C15H19F2NO3S/c16-13-2-1-3-14(17)12(13)9-22(19,20)18-8-11-6-7-15(21-11)10-4-5-10/h1-3,10-11,15,18H,4-9H2/t11-,15+/m0/s1. The van der Waals surface area contributed by atoms with E-state index in [-0.39, 0.29) is 18.8 Å². The molecular weight excluding hydrogens is 312 g/mol. The molecule has 1 aliphatic heterocycles. The van der Waals surface area contributed by atoms with Gasteiger partial charge in [-0.3, -0.25) is 0 Å². The molecule has 2 fully saturated rings. The van der Waals surface area contributed by atoms with Crippen LogP contribution >= 0.6 is 0 Å². The van der Waals surface area contributed by atoms with E-state index in [0.29, 0.717) is 5.92 Å². The highest BCUT2D eigenvalue weighted by Crippen LogP contribution is 2.40. The van der Waals surface area contributed by atoms with E-state index in [0.717, 1.165) is 25.0 Å². The fraction of sp³-hybridized carbons (Fsp3) is 0.600. The molecule has 1 saturated heterocycles. The molecule has 2 aliphatic rings. The van der Waals surface area contributed by atoms with Gasteiger partial charge in [0.15, 0.2) is 0 Å². The Bertz CT molecular complexity index is 626. The lowest BCUT2D eigenvalue weighted by Crippen LogP contribution is -2.33.